The van der Waals surface area contributed by atoms with E-state index in [1.54, 1.807) is 6.42 Å². The predicted molar refractivity (Wildman–Crippen MR) is 65.9 cm³/mol. The quantitative estimate of drug-likeness (QED) is 0.706. The van der Waals surface area contributed by atoms with Crippen molar-refractivity contribution in [3.63, 3.8) is 0 Å². The summed E-state index contributed by atoms with van der Waals surface area (Å²) < 4.78 is 0. The van der Waals surface area contributed by atoms with Crippen LogP contribution in [0.1, 0.15) is 52.4 Å². The second-order valence-corrected chi connectivity index (χ2v) is 5.80. The van der Waals surface area contributed by atoms with Gasteiger partial charge in [-0.3, -0.25) is 0 Å². The van der Waals surface area contributed by atoms with E-state index >= 15 is 0 Å². The monoisotopic (exact) mass is 209 g/mol. The highest BCUT2D eigenvalue weighted by Crippen LogP contribution is 2.55. The molecule has 1 heteroatoms. The number of nitrogens with one attached hydrogen (secondary N) is 1. The van der Waals surface area contributed by atoms with Crippen molar-refractivity contribution in [2.45, 2.75) is 58.4 Å². The summed E-state index contributed by atoms with van der Waals surface area (Å²) in [7, 11) is 2.16. The third kappa shape index (κ3) is 2.55. The highest BCUT2D eigenvalue weighted by atomic mass is 14.9. The molecule has 0 aromatic carbocycles. The average molecular weight is 209 g/mol. The van der Waals surface area contributed by atoms with Crippen LogP contribution in [0.5, 0.6) is 0 Å². The van der Waals surface area contributed by atoms with E-state index in [1.165, 1.54) is 32.1 Å². The van der Waals surface area contributed by atoms with Crippen LogP contribution in [0.2, 0.25) is 0 Å². The molecule has 0 aliphatic heterocycles. The van der Waals surface area contributed by atoms with Gasteiger partial charge in [-0.2, -0.15) is 0 Å². The molecule has 15 heavy (non-hydrogen) atoms. The highest BCUT2D eigenvalue weighted by Gasteiger charge is 2.47. The van der Waals surface area contributed by atoms with Gasteiger partial charge in [0.05, 0.1) is 0 Å². The van der Waals surface area contributed by atoms with Crippen molar-refractivity contribution < 1.29 is 0 Å². The maximum Gasteiger partial charge on any atom is 0.00951 e. The molecule has 1 nitrogen and oxygen atoms in total. The minimum atomic E-state index is 0.808. The van der Waals surface area contributed by atoms with Gasteiger partial charge in [-0.25, -0.2) is 0 Å². The van der Waals surface area contributed by atoms with E-state index in [2.05, 4.69) is 26.2 Å². The Bertz CT molecular complexity index is 188. The van der Waals surface area contributed by atoms with Crippen molar-refractivity contribution in [3.05, 3.63) is 0 Å². The topological polar surface area (TPSA) is 12.0 Å². The fraction of sp³-hybridized carbons (Fsp3) is 1.00. The van der Waals surface area contributed by atoms with Crippen molar-refractivity contribution in [3.8, 4) is 0 Å². The Labute approximate surface area is 95.0 Å². The predicted octanol–water partition coefficient (Wildman–Crippen LogP) is 3.45. The third-order valence-corrected chi connectivity index (χ3v) is 4.96. The van der Waals surface area contributed by atoms with E-state index in [0.717, 1.165) is 29.7 Å². The van der Waals surface area contributed by atoms with Crippen LogP contribution < -0.4 is 5.32 Å². The zero-order chi connectivity index (χ0) is 10.8. The summed E-state index contributed by atoms with van der Waals surface area (Å²) in [6, 6.07) is 0.808. The lowest BCUT2D eigenvalue weighted by Crippen LogP contribution is -2.34. The molecular formula is C14H27N. The molecule has 2 saturated carbocycles. The zero-order valence-corrected chi connectivity index (χ0v) is 10.6. The van der Waals surface area contributed by atoms with E-state index < -0.39 is 0 Å². The largest absolute Gasteiger partial charge is 0.317 e. The van der Waals surface area contributed by atoms with Crippen molar-refractivity contribution in [1.29, 1.82) is 0 Å². The number of rotatable bonds is 6. The average Bonchev–Trinajstić information content (AvgIpc) is 2.88. The molecule has 88 valence electrons. The number of hydrogen-bond donors (Lipinski definition) is 1. The van der Waals surface area contributed by atoms with Gasteiger partial charge in [0.15, 0.2) is 0 Å². The summed E-state index contributed by atoms with van der Waals surface area (Å²) in [5.41, 5.74) is 0. The summed E-state index contributed by atoms with van der Waals surface area (Å²) in [4.78, 5) is 0. The summed E-state index contributed by atoms with van der Waals surface area (Å²) >= 11 is 0. The summed E-state index contributed by atoms with van der Waals surface area (Å²) in [6.07, 6.45) is 8.72. The first kappa shape index (κ1) is 11.4. The molecule has 2 rings (SSSR count). The van der Waals surface area contributed by atoms with Crippen LogP contribution in [-0.2, 0) is 0 Å². The Morgan fingerprint density at radius 3 is 2.13 bits per heavy atom. The first-order chi connectivity index (χ1) is 7.28. The molecular weight excluding hydrogens is 182 g/mol. The molecule has 2 aliphatic rings. The number of hydrogen-bond acceptors (Lipinski definition) is 1. The van der Waals surface area contributed by atoms with Crippen molar-refractivity contribution in [2.75, 3.05) is 7.05 Å². The second-order valence-electron chi connectivity index (χ2n) is 5.80. The Balaban J connectivity index is 1.81. The zero-order valence-electron chi connectivity index (χ0n) is 10.6. The van der Waals surface area contributed by atoms with Gasteiger partial charge in [-0.05, 0) is 56.4 Å². The normalized spacial score (nSPS) is 35.6. The lowest BCUT2D eigenvalue weighted by Gasteiger charge is -2.27. The molecule has 0 bridgehead atoms. The highest BCUT2D eigenvalue weighted by molar-refractivity contribution is 4.99. The van der Waals surface area contributed by atoms with Gasteiger partial charge < -0.3 is 5.32 Å². The van der Waals surface area contributed by atoms with E-state index in [0.29, 0.717) is 0 Å². The third-order valence-electron chi connectivity index (χ3n) is 4.96. The lowest BCUT2D eigenvalue weighted by molar-refractivity contribution is 0.282. The molecule has 0 spiro atoms. The Kier molecular flexibility index (Phi) is 3.71. The van der Waals surface area contributed by atoms with E-state index in [-0.39, 0.29) is 0 Å². The van der Waals surface area contributed by atoms with E-state index in [9.17, 15) is 0 Å². The molecule has 0 aromatic heterocycles. The van der Waals surface area contributed by atoms with Gasteiger partial charge in [0, 0.05) is 6.04 Å². The standard InChI is InChI=1S/C14H27N/c1-4-10(5-2)6-14(15-3)13-8-11-7-12(11)9-13/h10-15H,4-9H2,1-3H3. The van der Waals surface area contributed by atoms with Gasteiger partial charge in [0.1, 0.15) is 0 Å². The van der Waals surface area contributed by atoms with Crippen LogP contribution in [0, 0.1) is 23.7 Å². The number of fused-ring (bicyclic) bond motifs is 1. The van der Waals surface area contributed by atoms with Crippen LogP contribution in [0.25, 0.3) is 0 Å². The second kappa shape index (κ2) is 4.86. The Hall–Kier alpha value is -0.0400. The summed E-state index contributed by atoms with van der Waals surface area (Å²) in [6.45, 7) is 4.68. The van der Waals surface area contributed by atoms with Gasteiger partial charge >= 0.3 is 0 Å². The molecule has 0 saturated heterocycles. The first-order valence-electron chi connectivity index (χ1n) is 6.95. The van der Waals surface area contributed by atoms with Crippen molar-refractivity contribution in [1.82, 2.24) is 5.32 Å². The maximum atomic E-state index is 3.58. The SMILES string of the molecule is CCC(CC)CC(NC)C1CC2CC2C1. The maximum absolute atomic E-state index is 3.58. The van der Waals surface area contributed by atoms with Crippen LogP contribution >= 0.6 is 0 Å². The minimum Gasteiger partial charge on any atom is -0.317 e. The molecule has 2 fully saturated rings. The van der Waals surface area contributed by atoms with Crippen molar-refractivity contribution in [2.24, 2.45) is 23.7 Å². The summed E-state index contributed by atoms with van der Waals surface area (Å²) in [5, 5.41) is 3.58. The van der Waals surface area contributed by atoms with Gasteiger partial charge in [0.2, 0.25) is 0 Å². The van der Waals surface area contributed by atoms with Gasteiger partial charge in [0.25, 0.3) is 0 Å². The molecule has 0 radical (unpaired) electrons. The molecule has 2 aliphatic carbocycles. The Morgan fingerprint density at radius 1 is 1.07 bits per heavy atom. The van der Waals surface area contributed by atoms with E-state index in [4.69, 9.17) is 0 Å². The van der Waals surface area contributed by atoms with Crippen LogP contribution in [0.3, 0.4) is 0 Å². The molecule has 0 heterocycles. The minimum absolute atomic E-state index is 0.808. The molecule has 0 amide bonds. The lowest BCUT2D eigenvalue weighted by atomic mass is 9.85. The fourth-order valence-electron chi connectivity index (χ4n) is 3.62. The van der Waals surface area contributed by atoms with Crippen LogP contribution in [0.15, 0.2) is 0 Å². The smallest absolute Gasteiger partial charge is 0.00951 e. The van der Waals surface area contributed by atoms with Crippen molar-refractivity contribution >= 4 is 0 Å². The molecule has 3 unspecified atom stereocenters. The van der Waals surface area contributed by atoms with Gasteiger partial charge in [-0.15, -0.1) is 0 Å². The first-order valence-corrected chi connectivity index (χ1v) is 6.95. The molecule has 0 aromatic rings. The van der Waals surface area contributed by atoms with Crippen LogP contribution in [-0.4, -0.2) is 13.1 Å². The summed E-state index contributed by atoms with van der Waals surface area (Å²) in [5.74, 6) is 4.21. The van der Waals surface area contributed by atoms with Gasteiger partial charge in [-0.1, -0.05) is 26.7 Å². The Morgan fingerprint density at radius 2 is 1.67 bits per heavy atom. The fourth-order valence-corrected chi connectivity index (χ4v) is 3.62. The molecule has 1 N–H and O–H groups in total. The van der Waals surface area contributed by atoms with Crippen LogP contribution in [0.4, 0.5) is 0 Å². The van der Waals surface area contributed by atoms with E-state index in [1.807, 2.05) is 0 Å². The molecule has 3 atom stereocenters.